The van der Waals surface area contributed by atoms with Crippen LogP contribution in [0.1, 0.15) is 41.0 Å². The number of carbonyl (C=O) groups excluding carboxylic acids is 3. The minimum atomic E-state index is -1.34. The number of carboxylic acid groups (broad SMARTS) is 1. The van der Waals surface area contributed by atoms with Crippen LogP contribution in [-0.4, -0.2) is 30.9 Å². The molecule has 0 fully saturated rings. The Hall–Kier alpha value is -3.35. The Labute approximate surface area is 163 Å². The molecule has 0 aromatic heterocycles. The number of nitrogens with one attached hydrogen (secondary N) is 2. The molecule has 2 atom stereocenters. The molecule has 28 heavy (non-hydrogen) atoms. The van der Waals surface area contributed by atoms with Crippen LogP contribution in [0.2, 0.25) is 0 Å². The van der Waals surface area contributed by atoms with E-state index in [2.05, 4.69) is 10.6 Å². The molecule has 0 unspecified atom stereocenters. The summed E-state index contributed by atoms with van der Waals surface area (Å²) >= 11 is 0. The van der Waals surface area contributed by atoms with E-state index >= 15 is 0 Å². The van der Waals surface area contributed by atoms with Crippen LogP contribution in [0.5, 0.6) is 5.75 Å². The number of rotatable bonds is 8. The summed E-state index contributed by atoms with van der Waals surface area (Å²) in [4.78, 5) is 36.5. The Balaban J connectivity index is 2.20. The van der Waals surface area contributed by atoms with Crippen LogP contribution < -0.4 is 20.5 Å². The summed E-state index contributed by atoms with van der Waals surface area (Å²) in [6.07, 6.45) is 0.564. The van der Waals surface area contributed by atoms with Gasteiger partial charge in [-0.25, -0.2) is 0 Å². The third kappa shape index (κ3) is 5.09. The molecule has 0 aliphatic rings. The largest absolute Gasteiger partial charge is 0.548 e. The van der Waals surface area contributed by atoms with Gasteiger partial charge in [0.25, 0.3) is 11.8 Å². The lowest BCUT2D eigenvalue weighted by Gasteiger charge is -2.25. The molecule has 2 aromatic rings. The maximum absolute atomic E-state index is 12.6. The zero-order valence-corrected chi connectivity index (χ0v) is 16.0. The molecule has 148 valence electrons. The molecular formula is C21H23N2O5-. The zero-order valence-electron chi connectivity index (χ0n) is 16.0. The Kier molecular flexibility index (Phi) is 7.14. The second kappa shape index (κ2) is 9.55. The maximum Gasteiger partial charge on any atom is 0.255 e. The number of hydrogen-bond donors (Lipinski definition) is 2. The summed E-state index contributed by atoms with van der Waals surface area (Å²) in [6, 6.07) is 11.8. The normalized spacial score (nSPS) is 12.5. The number of hydrogen-bond acceptors (Lipinski definition) is 5. The fraction of sp³-hybridized carbons (Fsp3) is 0.286. The Morgan fingerprint density at radius 1 is 1.04 bits per heavy atom. The molecular weight excluding hydrogens is 360 g/mol. The van der Waals surface area contributed by atoms with Crippen LogP contribution in [-0.2, 0) is 4.79 Å². The highest BCUT2D eigenvalue weighted by molar-refractivity contribution is 6.09. The monoisotopic (exact) mass is 383 g/mol. The number of aliphatic carboxylic acids is 1. The van der Waals surface area contributed by atoms with E-state index in [0.29, 0.717) is 17.7 Å². The summed E-state index contributed by atoms with van der Waals surface area (Å²) in [5, 5.41) is 16.5. The van der Waals surface area contributed by atoms with Crippen molar-refractivity contribution < 1.29 is 24.2 Å². The summed E-state index contributed by atoms with van der Waals surface area (Å²) in [5.74, 6) is -2.02. The first-order valence-electron chi connectivity index (χ1n) is 8.93. The van der Waals surface area contributed by atoms with Gasteiger partial charge >= 0.3 is 0 Å². The van der Waals surface area contributed by atoms with E-state index in [9.17, 15) is 19.5 Å². The third-order valence-corrected chi connectivity index (χ3v) is 4.53. The summed E-state index contributed by atoms with van der Waals surface area (Å²) in [5.41, 5.74) is 0.837. The molecule has 0 spiro atoms. The lowest BCUT2D eigenvalue weighted by molar-refractivity contribution is -0.309. The van der Waals surface area contributed by atoms with Crippen LogP contribution in [0, 0.1) is 5.92 Å². The van der Waals surface area contributed by atoms with Gasteiger partial charge in [-0.05, 0) is 42.3 Å². The van der Waals surface area contributed by atoms with Gasteiger partial charge in [0.05, 0.1) is 30.4 Å². The number of amides is 2. The van der Waals surface area contributed by atoms with Crippen LogP contribution >= 0.6 is 0 Å². The third-order valence-electron chi connectivity index (χ3n) is 4.53. The summed E-state index contributed by atoms with van der Waals surface area (Å²) < 4.78 is 5.06. The standard InChI is InChI=1S/C21H24N2O5/c1-4-13(2)18(21(26)27)23-20(25)16-7-5-6-8-17(16)22-19(24)14-9-11-15(28-3)12-10-14/h5-13,18H,4H2,1-3H3,(H,22,24)(H,23,25)(H,26,27)/p-1/t13-,18+/m1/s1. The predicted molar refractivity (Wildman–Crippen MR) is 103 cm³/mol. The van der Waals surface area contributed by atoms with Gasteiger partial charge in [0.15, 0.2) is 0 Å². The Bertz CT molecular complexity index is 848. The van der Waals surface area contributed by atoms with Gasteiger partial charge < -0.3 is 25.3 Å². The molecule has 0 saturated carbocycles. The second-order valence-corrected chi connectivity index (χ2v) is 6.38. The molecule has 0 radical (unpaired) electrons. The lowest BCUT2D eigenvalue weighted by atomic mass is 9.98. The smallest absolute Gasteiger partial charge is 0.255 e. The van der Waals surface area contributed by atoms with E-state index < -0.39 is 23.8 Å². The molecule has 7 nitrogen and oxygen atoms in total. The molecule has 2 rings (SSSR count). The van der Waals surface area contributed by atoms with E-state index in [1.54, 1.807) is 49.4 Å². The molecule has 0 aliphatic carbocycles. The Morgan fingerprint density at radius 2 is 1.68 bits per heavy atom. The zero-order chi connectivity index (χ0) is 20.7. The van der Waals surface area contributed by atoms with Crippen molar-refractivity contribution >= 4 is 23.5 Å². The van der Waals surface area contributed by atoms with E-state index in [0.717, 1.165) is 0 Å². The molecule has 2 aromatic carbocycles. The van der Waals surface area contributed by atoms with Crippen molar-refractivity contribution in [2.75, 3.05) is 12.4 Å². The summed E-state index contributed by atoms with van der Waals surface area (Å²) in [7, 11) is 1.53. The van der Waals surface area contributed by atoms with Crippen LogP contribution in [0.4, 0.5) is 5.69 Å². The maximum atomic E-state index is 12.6. The molecule has 2 N–H and O–H groups in total. The lowest BCUT2D eigenvalue weighted by Crippen LogP contribution is -2.51. The number of ether oxygens (including phenoxy) is 1. The van der Waals surface area contributed by atoms with Crippen molar-refractivity contribution in [1.29, 1.82) is 0 Å². The topological polar surface area (TPSA) is 108 Å². The fourth-order valence-corrected chi connectivity index (χ4v) is 2.62. The van der Waals surface area contributed by atoms with E-state index in [1.807, 2.05) is 6.92 Å². The molecule has 0 heterocycles. The molecule has 7 heteroatoms. The minimum Gasteiger partial charge on any atom is -0.548 e. The number of benzene rings is 2. The van der Waals surface area contributed by atoms with E-state index in [1.165, 1.54) is 13.2 Å². The average molecular weight is 383 g/mol. The van der Waals surface area contributed by atoms with Crippen molar-refractivity contribution in [2.24, 2.45) is 5.92 Å². The van der Waals surface area contributed by atoms with Gasteiger partial charge in [0.1, 0.15) is 5.75 Å². The highest BCUT2D eigenvalue weighted by Crippen LogP contribution is 2.18. The SMILES string of the molecule is CC[C@@H](C)[C@H](NC(=O)c1ccccc1NC(=O)c1ccc(OC)cc1)C(=O)[O-]. The first kappa shape index (κ1) is 21.0. The van der Waals surface area contributed by atoms with Crippen molar-refractivity contribution in [3.8, 4) is 5.75 Å². The highest BCUT2D eigenvalue weighted by Gasteiger charge is 2.22. The van der Waals surface area contributed by atoms with Gasteiger partial charge in [0, 0.05) is 5.56 Å². The molecule has 0 saturated heterocycles. The number of carbonyl (C=O) groups is 3. The van der Waals surface area contributed by atoms with Gasteiger partial charge in [-0.2, -0.15) is 0 Å². The molecule has 0 bridgehead atoms. The number of para-hydroxylation sites is 1. The van der Waals surface area contributed by atoms with E-state index in [-0.39, 0.29) is 17.2 Å². The predicted octanol–water partition coefficient (Wildman–Crippen LogP) is 1.84. The van der Waals surface area contributed by atoms with Gasteiger partial charge in [-0.15, -0.1) is 0 Å². The van der Waals surface area contributed by atoms with Crippen molar-refractivity contribution in [2.45, 2.75) is 26.3 Å². The van der Waals surface area contributed by atoms with Crippen LogP contribution in [0.25, 0.3) is 0 Å². The molecule has 2 amide bonds. The minimum absolute atomic E-state index is 0.166. The van der Waals surface area contributed by atoms with Crippen molar-refractivity contribution in [1.82, 2.24) is 5.32 Å². The van der Waals surface area contributed by atoms with Crippen molar-refractivity contribution in [3.05, 3.63) is 59.7 Å². The number of methoxy groups -OCH3 is 1. The second-order valence-electron chi connectivity index (χ2n) is 6.38. The first-order chi connectivity index (χ1) is 13.4. The highest BCUT2D eigenvalue weighted by atomic mass is 16.5. The summed E-state index contributed by atoms with van der Waals surface area (Å²) in [6.45, 7) is 3.55. The average Bonchev–Trinajstić information content (AvgIpc) is 2.71. The van der Waals surface area contributed by atoms with Crippen LogP contribution in [0.3, 0.4) is 0 Å². The number of anilines is 1. The Morgan fingerprint density at radius 3 is 2.25 bits per heavy atom. The van der Waals surface area contributed by atoms with Gasteiger partial charge in [-0.1, -0.05) is 32.4 Å². The number of carboxylic acids is 1. The molecule has 0 aliphatic heterocycles. The van der Waals surface area contributed by atoms with Gasteiger partial charge in [-0.3, -0.25) is 9.59 Å². The van der Waals surface area contributed by atoms with Gasteiger partial charge in [0.2, 0.25) is 0 Å². The van der Waals surface area contributed by atoms with Crippen LogP contribution in [0.15, 0.2) is 48.5 Å². The fourth-order valence-electron chi connectivity index (χ4n) is 2.62. The quantitative estimate of drug-likeness (QED) is 0.723. The van der Waals surface area contributed by atoms with Crippen molar-refractivity contribution in [3.63, 3.8) is 0 Å². The van der Waals surface area contributed by atoms with E-state index in [4.69, 9.17) is 4.74 Å². The first-order valence-corrected chi connectivity index (χ1v) is 8.93.